The molecule has 0 radical (unpaired) electrons. The maximum Gasteiger partial charge on any atom is 0.338 e. The number of hydrogen-bond acceptors (Lipinski definition) is 3. The van der Waals surface area contributed by atoms with E-state index < -0.39 is 12.1 Å². The maximum absolute atomic E-state index is 12.6. The highest BCUT2D eigenvalue weighted by molar-refractivity contribution is 5.98. The molecule has 0 saturated heterocycles. The smallest absolute Gasteiger partial charge is 0.338 e. The number of carbonyl (C=O) groups is 2. The third kappa shape index (κ3) is 5.19. The van der Waals surface area contributed by atoms with Gasteiger partial charge in [-0.3, -0.25) is 4.79 Å². The van der Waals surface area contributed by atoms with Gasteiger partial charge in [-0.05, 0) is 54.5 Å². The normalized spacial score (nSPS) is 12.1. The van der Waals surface area contributed by atoms with Crippen molar-refractivity contribution >= 4 is 17.6 Å². The van der Waals surface area contributed by atoms with Gasteiger partial charge >= 0.3 is 5.97 Å². The molecule has 1 atom stereocenters. The summed E-state index contributed by atoms with van der Waals surface area (Å²) in [7, 11) is 0. The second-order valence-corrected chi connectivity index (χ2v) is 7.51. The Morgan fingerprint density at radius 3 is 2.07 bits per heavy atom. The van der Waals surface area contributed by atoms with Gasteiger partial charge in [-0.2, -0.15) is 0 Å². The van der Waals surface area contributed by atoms with Gasteiger partial charge in [-0.15, -0.1) is 0 Å². The maximum atomic E-state index is 12.6. The molecular formula is C23H29NO3. The second kappa shape index (κ2) is 8.85. The SMILES string of the molecule is Cc1cccc(C(C)C)c1NC(=O)[C@H](C)OC(=O)c1ccc(C(C)C)cc1. The van der Waals surface area contributed by atoms with E-state index in [4.69, 9.17) is 4.74 Å². The number of esters is 1. The van der Waals surface area contributed by atoms with Crippen LogP contribution in [0.2, 0.25) is 0 Å². The third-order valence-electron chi connectivity index (χ3n) is 4.64. The largest absolute Gasteiger partial charge is 0.449 e. The van der Waals surface area contributed by atoms with Gasteiger partial charge in [0, 0.05) is 5.69 Å². The van der Waals surface area contributed by atoms with E-state index in [0.717, 1.165) is 22.4 Å². The van der Waals surface area contributed by atoms with E-state index in [0.29, 0.717) is 11.5 Å². The summed E-state index contributed by atoms with van der Waals surface area (Å²) in [5.74, 6) is -0.165. The minimum absolute atomic E-state index is 0.275. The summed E-state index contributed by atoms with van der Waals surface area (Å²) in [6, 6.07) is 13.2. The van der Waals surface area contributed by atoms with Gasteiger partial charge in [0.05, 0.1) is 5.56 Å². The number of rotatable bonds is 6. The molecule has 4 nitrogen and oxygen atoms in total. The Morgan fingerprint density at radius 2 is 1.52 bits per heavy atom. The minimum Gasteiger partial charge on any atom is -0.449 e. The highest BCUT2D eigenvalue weighted by Crippen LogP contribution is 2.27. The average molecular weight is 367 g/mol. The molecule has 144 valence electrons. The standard InChI is InChI=1S/C23H29NO3/c1-14(2)18-10-12-19(13-11-18)23(26)27-17(6)22(25)24-21-16(5)8-7-9-20(21)15(3)4/h7-15,17H,1-6H3,(H,24,25)/t17-/m0/s1. The van der Waals surface area contributed by atoms with Crippen LogP contribution >= 0.6 is 0 Å². The van der Waals surface area contributed by atoms with Crippen LogP contribution in [-0.2, 0) is 9.53 Å². The highest BCUT2D eigenvalue weighted by atomic mass is 16.5. The fourth-order valence-corrected chi connectivity index (χ4v) is 2.85. The molecule has 0 unspecified atom stereocenters. The van der Waals surface area contributed by atoms with Crippen molar-refractivity contribution in [2.45, 2.75) is 59.5 Å². The van der Waals surface area contributed by atoms with Crippen molar-refractivity contribution in [1.29, 1.82) is 0 Å². The Morgan fingerprint density at radius 1 is 0.889 bits per heavy atom. The molecule has 0 aliphatic heterocycles. The Kier molecular flexibility index (Phi) is 6.78. The Balaban J connectivity index is 2.07. The molecule has 2 aromatic carbocycles. The molecule has 0 saturated carbocycles. The zero-order chi connectivity index (χ0) is 20.1. The van der Waals surface area contributed by atoms with E-state index in [9.17, 15) is 9.59 Å². The first kappa shape index (κ1) is 20.7. The lowest BCUT2D eigenvalue weighted by Gasteiger charge is -2.19. The Labute approximate surface area is 161 Å². The van der Waals surface area contributed by atoms with Crippen LogP contribution in [-0.4, -0.2) is 18.0 Å². The Bertz CT molecular complexity index is 807. The van der Waals surface area contributed by atoms with Crippen molar-refractivity contribution in [3.63, 3.8) is 0 Å². The lowest BCUT2D eigenvalue weighted by Crippen LogP contribution is -2.30. The minimum atomic E-state index is -0.887. The summed E-state index contributed by atoms with van der Waals surface area (Å²) in [5, 5.41) is 2.92. The molecule has 0 fully saturated rings. The number of aryl methyl sites for hydroxylation is 1. The number of nitrogens with one attached hydrogen (secondary N) is 1. The molecule has 0 aliphatic rings. The predicted octanol–water partition coefficient (Wildman–Crippen LogP) is 5.43. The van der Waals surface area contributed by atoms with Crippen molar-refractivity contribution in [2.75, 3.05) is 5.32 Å². The average Bonchev–Trinajstić information content (AvgIpc) is 2.62. The summed E-state index contributed by atoms with van der Waals surface area (Å²) >= 11 is 0. The number of benzene rings is 2. The second-order valence-electron chi connectivity index (χ2n) is 7.51. The molecule has 4 heteroatoms. The number of anilines is 1. The zero-order valence-electron chi connectivity index (χ0n) is 17.0. The van der Waals surface area contributed by atoms with E-state index in [1.807, 2.05) is 37.3 Å². The van der Waals surface area contributed by atoms with Crippen LogP contribution < -0.4 is 5.32 Å². The van der Waals surface area contributed by atoms with Crippen molar-refractivity contribution in [3.05, 3.63) is 64.7 Å². The number of amides is 1. The van der Waals surface area contributed by atoms with Gasteiger partial charge < -0.3 is 10.1 Å². The summed E-state index contributed by atoms with van der Waals surface area (Å²) < 4.78 is 5.36. The van der Waals surface area contributed by atoms with Crippen LogP contribution in [0.15, 0.2) is 42.5 Å². The molecule has 0 aliphatic carbocycles. The molecule has 0 spiro atoms. The fourth-order valence-electron chi connectivity index (χ4n) is 2.85. The van der Waals surface area contributed by atoms with Crippen LogP contribution in [0.1, 0.15) is 73.5 Å². The van der Waals surface area contributed by atoms with E-state index in [-0.39, 0.29) is 11.8 Å². The summed E-state index contributed by atoms with van der Waals surface area (Å²) in [6.07, 6.45) is -0.887. The van der Waals surface area contributed by atoms with Crippen LogP contribution in [0.4, 0.5) is 5.69 Å². The van der Waals surface area contributed by atoms with Gasteiger partial charge in [-0.25, -0.2) is 4.79 Å². The fraction of sp³-hybridized carbons (Fsp3) is 0.391. The van der Waals surface area contributed by atoms with Gasteiger partial charge in [0.2, 0.25) is 0 Å². The van der Waals surface area contributed by atoms with Crippen molar-refractivity contribution in [3.8, 4) is 0 Å². The van der Waals surface area contributed by atoms with Crippen molar-refractivity contribution in [1.82, 2.24) is 0 Å². The first-order valence-corrected chi connectivity index (χ1v) is 9.42. The number of hydrogen-bond donors (Lipinski definition) is 1. The molecule has 27 heavy (non-hydrogen) atoms. The molecule has 0 aromatic heterocycles. The van der Waals surface area contributed by atoms with Crippen LogP contribution in [0.3, 0.4) is 0 Å². The molecule has 1 amide bonds. The summed E-state index contributed by atoms with van der Waals surface area (Å²) in [5.41, 5.74) is 4.43. The Hall–Kier alpha value is -2.62. The first-order chi connectivity index (χ1) is 12.7. The van der Waals surface area contributed by atoms with Crippen LogP contribution in [0.5, 0.6) is 0 Å². The van der Waals surface area contributed by atoms with Crippen molar-refractivity contribution in [2.24, 2.45) is 0 Å². The monoisotopic (exact) mass is 367 g/mol. The van der Waals surface area contributed by atoms with E-state index in [1.54, 1.807) is 19.1 Å². The van der Waals surface area contributed by atoms with E-state index >= 15 is 0 Å². The summed E-state index contributed by atoms with van der Waals surface area (Å²) in [4.78, 5) is 24.9. The van der Waals surface area contributed by atoms with Gasteiger partial charge in [0.1, 0.15) is 0 Å². The molecule has 1 N–H and O–H groups in total. The van der Waals surface area contributed by atoms with Crippen molar-refractivity contribution < 1.29 is 14.3 Å². The lowest BCUT2D eigenvalue weighted by molar-refractivity contribution is -0.123. The quantitative estimate of drug-likeness (QED) is 0.693. The molecular weight excluding hydrogens is 338 g/mol. The van der Waals surface area contributed by atoms with E-state index in [2.05, 4.69) is 33.0 Å². The van der Waals surface area contributed by atoms with E-state index in [1.165, 1.54) is 0 Å². The topological polar surface area (TPSA) is 55.4 Å². The van der Waals surface area contributed by atoms with Crippen LogP contribution in [0, 0.1) is 6.92 Å². The number of para-hydroxylation sites is 1. The lowest BCUT2D eigenvalue weighted by atomic mass is 9.98. The van der Waals surface area contributed by atoms with Gasteiger partial charge in [-0.1, -0.05) is 58.0 Å². The predicted molar refractivity (Wildman–Crippen MR) is 109 cm³/mol. The molecule has 0 bridgehead atoms. The highest BCUT2D eigenvalue weighted by Gasteiger charge is 2.21. The number of carbonyl (C=O) groups excluding carboxylic acids is 2. The zero-order valence-corrected chi connectivity index (χ0v) is 17.0. The van der Waals surface area contributed by atoms with Crippen LogP contribution in [0.25, 0.3) is 0 Å². The first-order valence-electron chi connectivity index (χ1n) is 9.42. The molecule has 2 rings (SSSR count). The molecule has 0 heterocycles. The summed E-state index contributed by atoms with van der Waals surface area (Å²) in [6.45, 7) is 11.9. The third-order valence-corrected chi connectivity index (χ3v) is 4.64. The number of ether oxygens (including phenoxy) is 1. The van der Waals surface area contributed by atoms with Gasteiger partial charge in [0.25, 0.3) is 5.91 Å². The van der Waals surface area contributed by atoms with Gasteiger partial charge in [0.15, 0.2) is 6.10 Å². The molecule has 2 aromatic rings.